The molecule has 1 aromatic heterocycles. The van der Waals surface area contributed by atoms with Crippen LogP contribution in [0.4, 0.5) is 0 Å². The lowest BCUT2D eigenvalue weighted by Gasteiger charge is -2.32. The predicted octanol–water partition coefficient (Wildman–Crippen LogP) is 4.77. The van der Waals surface area contributed by atoms with Crippen molar-refractivity contribution in [3.63, 3.8) is 0 Å². The van der Waals surface area contributed by atoms with E-state index in [0.29, 0.717) is 29.6 Å². The molecule has 1 aliphatic heterocycles. The first-order valence-corrected chi connectivity index (χ1v) is 11.3. The van der Waals surface area contributed by atoms with Crippen molar-refractivity contribution in [1.29, 1.82) is 0 Å². The number of benzene rings is 2. The van der Waals surface area contributed by atoms with E-state index in [0.717, 1.165) is 43.7 Å². The Morgan fingerprint density at radius 3 is 2.39 bits per heavy atom. The van der Waals surface area contributed by atoms with Crippen LogP contribution in [0.1, 0.15) is 34.3 Å². The number of pyridine rings is 1. The maximum Gasteiger partial charge on any atom is 0.257 e. The number of rotatable bonds is 8. The number of ether oxygens (including phenoxy) is 3. The second kappa shape index (κ2) is 10.9. The number of piperidine rings is 1. The summed E-state index contributed by atoms with van der Waals surface area (Å²) in [5.74, 6) is 2.59. The van der Waals surface area contributed by atoms with Gasteiger partial charge in [-0.15, -0.1) is 0 Å². The number of hydrogen-bond acceptors (Lipinski definition) is 5. The second-order valence-corrected chi connectivity index (χ2v) is 8.30. The normalized spacial score (nSPS) is 14.1. The first-order valence-electron chi connectivity index (χ1n) is 11.3. The number of carbonyl (C=O) groups is 1. The molecule has 0 spiro atoms. The monoisotopic (exact) mass is 446 g/mol. The van der Waals surface area contributed by atoms with Gasteiger partial charge in [0, 0.05) is 25.4 Å². The van der Waals surface area contributed by atoms with Crippen LogP contribution in [0.5, 0.6) is 17.2 Å². The van der Waals surface area contributed by atoms with Crippen LogP contribution in [0, 0.1) is 5.92 Å². The lowest BCUT2D eigenvalue weighted by molar-refractivity contribution is 0.0687. The minimum absolute atomic E-state index is 0.0194. The Labute approximate surface area is 195 Å². The Morgan fingerprint density at radius 1 is 0.970 bits per heavy atom. The van der Waals surface area contributed by atoms with Gasteiger partial charge in [-0.25, -0.2) is 0 Å². The zero-order valence-corrected chi connectivity index (χ0v) is 19.2. The summed E-state index contributed by atoms with van der Waals surface area (Å²) in [4.78, 5) is 19.0. The fourth-order valence-electron chi connectivity index (χ4n) is 4.19. The molecule has 0 aliphatic carbocycles. The molecular formula is C27H30N2O4. The van der Waals surface area contributed by atoms with Gasteiger partial charge in [-0.3, -0.25) is 9.78 Å². The third-order valence-corrected chi connectivity index (χ3v) is 6.13. The van der Waals surface area contributed by atoms with Crippen molar-refractivity contribution in [2.24, 2.45) is 5.92 Å². The summed E-state index contributed by atoms with van der Waals surface area (Å²) >= 11 is 0. The van der Waals surface area contributed by atoms with Gasteiger partial charge in [0.25, 0.3) is 5.91 Å². The Hall–Kier alpha value is -3.54. The Bertz CT molecular complexity index is 1050. The molecule has 1 amide bonds. The maximum absolute atomic E-state index is 13.0. The number of likely N-dealkylation sites (tertiary alicyclic amines) is 1. The molecule has 0 atom stereocenters. The minimum Gasteiger partial charge on any atom is -0.497 e. The third kappa shape index (κ3) is 5.83. The molecule has 172 valence electrons. The highest BCUT2D eigenvalue weighted by atomic mass is 16.5. The fourth-order valence-corrected chi connectivity index (χ4v) is 4.19. The summed E-state index contributed by atoms with van der Waals surface area (Å²) in [7, 11) is 3.18. The predicted molar refractivity (Wildman–Crippen MR) is 127 cm³/mol. The molecule has 6 nitrogen and oxygen atoms in total. The lowest BCUT2D eigenvalue weighted by Crippen LogP contribution is -2.39. The Kier molecular flexibility index (Phi) is 7.45. The van der Waals surface area contributed by atoms with Crippen LogP contribution in [0.3, 0.4) is 0 Å². The molecule has 6 heteroatoms. The highest BCUT2D eigenvalue weighted by Crippen LogP contribution is 2.28. The molecule has 2 heterocycles. The maximum atomic E-state index is 13.0. The van der Waals surface area contributed by atoms with Crippen LogP contribution in [0.2, 0.25) is 0 Å². The van der Waals surface area contributed by atoms with E-state index in [1.807, 2.05) is 17.0 Å². The number of hydrogen-bond donors (Lipinski definition) is 0. The quantitative estimate of drug-likeness (QED) is 0.499. The molecule has 1 aliphatic rings. The molecular weight excluding hydrogens is 416 g/mol. The number of carbonyl (C=O) groups excluding carboxylic acids is 1. The highest BCUT2D eigenvalue weighted by Gasteiger charge is 2.25. The molecule has 3 aromatic rings. The average molecular weight is 447 g/mol. The number of amides is 1. The van der Waals surface area contributed by atoms with Gasteiger partial charge in [0.05, 0.1) is 26.0 Å². The Morgan fingerprint density at radius 2 is 1.73 bits per heavy atom. The van der Waals surface area contributed by atoms with Crippen molar-refractivity contribution in [1.82, 2.24) is 9.88 Å². The van der Waals surface area contributed by atoms with E-state index in [2.05, 4.69) is 29.2 Å². The van der Waals surface area contributed by atoms with E-state index >= 15 is 0 Å². The Balaban J connectivity index is 1.27. The molecule has 0 radical (unpaired) electrons. The molecule has 1 saturated heterocycles. The smallest absolute Gasteiger partial charge is 0.257 e. The van der Waals surface area contributed by atoms with Crippen LogP contribution in [0.15, 0.2) is 67.0 Å². The van der Waals surface area contributed by atoms with Crippen molar-refractivity contribution in [3.05, 3.63) is 83.7 Å². The van der Waals surface area contributed by atoms with Crippen LogP contribution in [-0.4, -0.2) is 43.1 Å². The van der Waals surface area contributed by atoms with Gasteiger partial charge in [0.1, 0.15) is 23.9 Å². The summed E-state index contributed by atoms with van der Waals surface area (Å²) < 4.78 is 16.4. The first-order chi connectivity index (χ1) is 16.2. The lowest BCUT2D eigenvalue weighted by atomic mass is 9.89. The molecule has 4 rings (SSSR count). The summed E-state index contributed by atoms with van der Waals surface area (Å²) in [6.07, 6.45) is 6.47. The minimum atomic E-state index is 0.0194. The topological polar surface area (TPSA) is 60.9 Å². The van der Waals surface area contributed by atoms with Crippen LogP contribution in [0.25, 0.3) is 0 Å². The summed E-state index contributed by atoms with van der Waals surface area (Å²) in [5.41, 5.74) is 3.04. The zero-order valence-electron chi connectivity index (χ0n) is 19.2. The van der Waals surface area contributed by atoms with Crippen LogP contribution < -0.4 is 14.2 Å². The van der Waals surface area contributed by atoms with Crippen molar-refractivity contribution >= 4 is 5.91 Å². The summed E-state index contributed by atoms with van der Waals surface area (Å²) in [6, 6.07) is 17.7. The van der Waals surface area contributed by atoms with Crippen molar-refractivity contribution in [3.8, 4) is 17.2 Å². The summed E-state index contributed by atoms with van der Waals surface area (Å²) in [5, 5.41) is 0. The first kappa shape index (κ1) is 22.6. The molecule has 0 saturated carbocycles. The van der Waals surface area contributed by atoms with E-state index in [-0.39, 0.29) is 5.91 Å². The standard InChI is InChI=1S/C27H30N2O4/c1-31-23-9-10-25(26(17-23)32-2)27(30)29-14-11-21(12-15-29)16-20-5-7-22(8-6-20)19-33-24-4-3-13-28-18-24/h3-10,13,17-18,21H,11-12,14-16,19H2,1-2H3. The molecule has 1 fully saturated rings. The van der Waals surface area contributed by atoms with Gasteiger partial charge in [-0.05, 0) is 60.6 Å². The van der Waals surface area contributed by atoms with Gasteiger partial charge in [-0.1, -0.05) is 24.3 Å². The largest absolute Gasteiger partial charge is 0.497 e. The van der Waals surface area contributed by atoms with E-state index in [4.69, 9.17) is 14.2 Å². The van der Waals surface area contributed by atoms with Crippen molar-refractivity contribution < 1.29 is 19.0 Å². The van der Waals surface area contributed by atoms with Crippen LogP contribution in [-0.2, 0) is 13.0 Å². The summed E-state index contributed by atoms with van der Waals surface area (Å²) in [6.45, 7) is 2.05. The molecule has 33 heavy (non-hydrogen) atoms. The number of nitrogens with zero attached hydrogens (tertiary/aromatic N) is 2. The third-order valence-electron chi connectivity index (χ3n) is 6.13. The van der Waals surface area contributed by atoms with Crippen LogP contribution >= 0.6 is 0 Å². The molecule has 0 unspecified atom stereocenters. The second-order valence-electron chi connectivity index (χ2n) is 8.30. The number of aromatic nitrogens is 1. The van der Waals surface area contributed by atoms with Crippen molar-refractivity contribution in [2.75, 3.05) is 27.3 Å². The highest BCUT2D eigenvalue weighted by molar-refractivity contribution is 5.97. The van der Waals surface area contributed by atoms with Gasteiger partial charge >= 0.3 is 0 Å². The molecule has 0 bridgehead atoms. The SMILES string of the molecule is COc1ccc(C(=O)N2CCC(Cc3ccc(COc4cccnc4)cc3)CC2)c(OC)c1. The fraction of sp³-hybridized carbons (Fsp3) is 0.333. The van der Waals surface area contributed by atoms with Gasteiger partial charge in [-0.2, -0.15) is 0 Å². The van der Waals surface area contributed by atoms with E-state index in [1.165, 1.54) is 5.56 Å². The van der Waals surface area contributed by atoms with E-state index < -0.39 is 0 Å². The van der Waals surface area contributed by atoms with Gasteiger partial charge in [0.15, 0.2) is 0 Å². The number of methoxy groups -OCH3 is 2. The zero-order chi connectivity index (χ0) is 23.0. The average Bonchev–Trinajstić information content (AvgIpc) is 2.88. The molecule has 0 N–H and O–H groups in total. The van der Waals surface area contributed by atoms with Crippen molar-refractivity contribution in [2.45, 2.75) is 25.9 Å². The van der Waals surface area contributed by atoms with E-state index in [9.17, 15) is 4.79 Å². The van der Waals surface area contributed by atoms with Gasteiger partial charge < -0.3 is 19.1 Å². The van der Waals surface area contributed by atoms with Gasteiger partial charge in [0.2, 0.25) is 0 Å². The van der Waals surface area contributed by atoms with E-state index in [1.54, 1.807) is 44.8 Å². The molecule has 2 aromatic carbocycles.